The first-order valence-corrected chi connectivity index (χ1v) is 8.20. The maximum Gasteiger partial charge on any atom is 0.226 e. The summed E-state index contributed by atoms with van der Waals surface area (Å²) in [7, 11) is 0. The fourth-order valence-corrected chi connectivity index (χ4v) is 3.12. The first kappa shape index (κ1) is 15.7. The van der Waals surface area contributed by atoms with Gasteiger partial charge in [0, 0.05) is 12.6 Å². The van der Waals surface area contributed by atoms with Gasteiger partial charge in [-0.3, -0.25) is 9.69 Å². The topological polar surface area (TPSA) is 58.4 Å². The summed E-state index contributed by atoms with van der Waals surface area (Å²) >= 11 is 0. The number of nitrogens with zero attached hydrogens (tertiary/aromatic N) is 2. The predicted octanol–water partition coefficient (Wildman–Crippen LogP) is 2.48. The van der Waals surface area contributed by atoms with Crippen LogP contribution in [0.25, 0.3) is 0 Å². The van der Waals surface area contributed by atoms with Crippen LogP contribution in [0, 0.1) is 6.92 Å². The van der Waals surface area contributed by atoms with E-state index in [1.54, 1.807) is 6.07 Å². The summed E-state index contributed by atoms with van der Waals surface area (Å²) in [6.45, 7) is 4.64. The second kappa shape index (κ2) is 7.42. The van der Waals surface area contributed by atoms with Crippen LogP contribution in [0.2, 0.25) is 0 Å². The summed E-state index contributed by atoms with van der Waals surface area (Å²) in [5.74, 6) is 0.713. The Balaban J connectivity index is 1.61. The van der Waals surface area contributed by atoms with Gasteiger partial charge in [0.15, 0.2) is 0 Å². The van der Waals surface area contributed by atoms with Gasteiger partial charge in [0.2, 0.25) is 5.91 Å². The molecule has 1 amide bonds. The van der Waals surface area contributed by atoms with Crippen molar-refractivity contribution in [1.29, 1.82) is 0 Å². The van der Waals surface area contributed by atoms with Gasteiger partial charge in [-0.05, 0) is 38.4 Å². The summed E-state index contributed by atoms with van der Waals surface area (Å²) in [5.41, 5.74) is 1.93. The number of amides is 1. The fraction of sp³-hybridized carbons (Fsp3) is 0.444. The Labute approximate surface area is 136 Å². The number of likely N-dealkylation sites (tertiary alicyclic amines) is 1. The number of hydrogen-bond donors (Lipinski definition) is 1. The molecule has 122 valence electrons. The van der Waals surface area contributed by atoms with Crippen LogP contribution >= 0.6 is 0 Å². The molecule has 1 aliphatic rings. The Bertz CT molecular complexity index is 633. The second-order valence-corrected chi connectivity index (χ2v) is 6.08. The third-order valence-electron chi connectivity index (χ3n) is 4.28. The third-order valence-corrected chi connectivity index (χ3v) is 4.28. The van der Waals surface area contributed by atoms with Gasteiger partial charge in [0.05, 0.1) is 18.2 Å². The Hall–Kier alpha value is -2.14. The van der Waals surface area contributed by atoms with Gasteiger partial charge in [0.25, 0.3) is 0 Å². The van der Waals surface area contributed by atoms with Crippen molar-refractivity contribution in [3.63, 3.8) is 0 Å². The zero-order valence-electron chi connectivity index (χ0n) is 13.5. The van der Waals surface area contributed by atoms with Gasteiger partial charge in [-0.25, -0.2) is 0 Å². The monoisotopic (exact) mass is 313 g/mol. The summed E-state index contributed by atoms with van der Waals surface area (Å²) in [5, 5.41) is 6.93. The second-order valence-electron chi connectivity index (χ2n) is 6.08. The number of carbonyl (C=O) groups excluding carboxylic acids is 1. The fourth-order valence-electron chi connectivity index (χ4n) is 3.12. The number of rotatable bonds is 6. The van der Waals surface area contributed by atoms with Crippen molar-refractivity contribution in [1.82, 2.24) is 15.4 Å². The van der Waals surface area contributed by atoms with Crippen molar-refractivity contribution in [3.8, 4) is 0 Å². The van der Waals surface area contributed by atoms with Crippen molar-refractivity contribution in [2.45, 2.75) is 32.2 Å². The van der Waals surface area contributed by atoms with Gasteiger partial charge in [-0.2, -0.15) is 0 Å². The van der Waals surface area contributed by atoms with Crippen molar-refractivity contribution < 1.29 is 9.32 Å². The first-order valence-electron chi connectivity index (χ1n) is 8.20. The number of aryl methyl sites for hydroxylation is 1. The van der Waals surface area contributed by atoms with Crippen LogP contribution in [0.1, 0.15) is 35.9 Å². The van der Waals surface area contributed by atoms with Crippen molar-refractivity contribution in [3.05, 3.63) is 53.4 Å². The molecule has 3 rings (SSSR count). The molecule has 1 saturated heterocycles. The lowest BCUT2D eigenvalue weighted by Crippen LogP contribution is -2.37. The van der Waals surface area contributed by atoms with Gasteiger partial charge >= 0.3 is 0 Å². The molecule has 0 saturated carbocycles. The molecular formula is C18H23N3O2. The van der Waals surface area contributed by atoms with Crippen LogP contribution in [-0.4, -0.2) is 35.6 Å². The summed E-state index contributed by atoms with van der Waals surface area (Å²) in [6.07, 6.45) is 2.73. The van der Waals surface area contributed by atoms with Crippen LogP contribution in [0.4, 0.5) is 0 Å². The van der Waals surface area contributed by atoms with E-state index in [2.05, 4.69) is 39.6 Å². The molecule has 0 aliphatic carbocycles. The minimum absolute atomic E-state index is 0.0153. The zero-order chi connectivity index (χ0) is 16.1. The maximum absolute atomic E-state index is 12.2. The lowest BCUT2D eigenvalue weighted by atomic mass is 10.1. The van der Waals surface area contributed by atoms with Crippen LogP contribution in [0.15, 0.2) is 40.9 Å². The lowest BCUT2D eigenvalue weighted by Gasteiger charge is -2.28. The maximum atomic E-state index is 12.2. The van der Waals surface area contributed by atoms with Crippen molar-refractivity contribution >= 4 is 5.91 Å². The smallest absolute Gasteiger partial charge is 0.226 e. The molecule has 1 fully saturated rings. The number of aromatic nitrogens is 1. The van der Waals surface area contributed by atoms with Gasteiger partial charge in [0.1, 0.15) is 5.76 Å². The number of nitrogens with one attached hydrogen (secondary N) is 1. The molecule has 23 heavy (non-hydrogen) atoms. The van der Waals surface area contributed by atoms with E-state index >= 15 is 0 Å². The molecule has 1 unspecified atom stereocenters. The van der Waals surface area contributed by atoms with E-state index in [1.807, 2.05) is 13.0 Å². The Morgan fingerprint density at radius 3 is 2.70 bits per heavy atom. The molecule has 1 aromatic carbocycles. The van der Waals surface area contributed by atoms with Gasteiger partial charge in [-0.15, -0.1) is 0 Å². The average Bonchev–Trinajstić information content (AvgIpc) is 3.21. The number of benzene rings is 1. The highest BCUT2D eigenvalue weighted by atomic mass is 16.5. The van der Waals surface area contributed by atoms with Crippen LogP contribution in [0.5, 0.6) is 0 Å². The molecule has 0 radical (unpaired) electrons. The molecule has 2 aromatic rings. The van der Waals surface area contributed by atoms with Crippen LogP contribution < -0.4 is 5.32 Å². The van der Waals surface area contributed by atoms with E-state index in [0.29, 0.717) is 12.2 Å². The third kappa shape index (κ3) is 4.20. The highest BCUT2D eigenvalue weighted by Gasteiger charge is 2.23. The van der Waals surface area contributed by atoms with E-state index in [-0.39, 0.29) is 18.4 Å². The summed E-state index contributed by atoms with van der Waals surface area (Å²) < 4.78 is 5.00. The van der Waals surface area contributed by atoms with Gasteiger partial charge < -0.3 is 9.84 Å². The predicted molar refractivity (Wildman–Crippen MR) is 87.9 cm³/mol. The standard InChI is InChI=1S/C18H23N3O2/c1-14-11-16(20-23-14)12-18(22)19-13-17(21-9-5-6-10-21)15-7-3-2-4-8-15/h2-4,7-8,11,17H,5-6,9-10,12-13H2,1H3,(H,19,22). The quantitative estimate of drug-likeness (QED) is 0.890. The number of hydrogen-bond acceptors (Lipinski definition) is 4. The highest BCUT2D eigenvalue weighted by molar-refractivity contribution is 5.78. The number of carbonyl (C=O) groups is 1. The zero-order valence-corrected chi connectivity index (χ0v) is 13.5. The van der Waals surface area contributed by atoms with E-state index < -0.39 is 0 Å². The summed E-state index contributed by atoms with van der Waals surface area (Å²) in [4.78, 5) is 14.6. The Morgan fingerprint density at radius 2 is 2.04 bits per heavy atom. The Kier molecular flexibility index (Phi) is 5.08. The van der Waals surface area contributed by atoms with E-state index in [9.17, 15) is 4.79 Å². The highest BCUT2D eigenvalue weighted by Crippen LogP contribution is 2.24. The molecule has 5 heteroatoms. The van der Waals surface area contributed by atoms with E-state index in [4.69, 9.17) is 4.52 Å². The minimum atomic E-state index is -0.0153. The molecule has 1 N–H and O–H groups in total. The molecule has 0 spiro atoms. The normalized spacial score (nSPS) is 16.4. The van der Waals surface area contributed by atoms with E-state index in [1.165, 1.54) is 18.4 Å². The molecule has 1 aliphatic heterocycles. The minimum Gasteiger partial charge on any atom is -0.361 e. The Morgan fingerprint density at radius 1 is 1.30 bits per heavy atom. The molecule has 5 nitrogen and oxygen atoms in total. The lowest BCUT2D eigenvalue weighted by molar-refractivity contribution is -0.120. The van der Waals surface area contributed by atoms with Crippen LogP contribution in [-0.2, 0) is 11.2 Å². The van der Waals surface area contributed by atoms with Crippen LogP contribution in [0.3, 0.4) is 0 Å². The molecule has 1 aromatic heterocycles. The molecule has 2 heterocycles. The largest absolute Gasteiger partial charge is 0.361 e. The molecule has 1 atom stereocenters. The summed E-state index contributed by atoms with van der Waals surface area (Å²) in [6, 6.07) is 12.4. The first-order chi connectivity index (χ1) is 11.2. The SMILES string of the molecule is Cc1cc(CC(=O)NCC(c2ccccc2)N2CCCC2)no1. The van der Waals surface area contributed by atoms with Gasteiger partial charge in [-0.1, -0.05) is 35.5 Å². The van der Waals surface area contributed by atoms with Crippen molar-refractivity contribution in [2.24, 2.45) is 0 Å². The van der Waals surface area contributed by atoms with E-state index in [0.717, 1.165) is 18.8 Å². The molecular weight excluding hydrogens is 290 g/mol. The molecule has 0 bridgehead atoms. The van der Waals surface area contributed by atoms with Crippen molar-refractivity contribution in [2.75, 3.05) is 19.6 Å². The average molecular weight is 313 g/mol.